The topological polar surface area (TPSA) is 47.5 Å². The molecule has 6 heteroatoms. The molecular formula is C18H25N3O2S. The minimum atomic E-state index is 0.384. The number of aromatic nitrogens is 2. The fraction of sp³-hybridized carbons (Fsp3) is 0.667. The molecular weight excluding hydrogens is 322 g/mol. The van der Waals surface area contributed by atoms with Crippen LogP contribution in [0.5, 0.6) is 0 Å². The summed E-state index contributed by atoms with van der Waals surface area (Å²) in [6.07, 6.45) is 5.90. The zero-order chi connectivity index (χ0) is 16.4. The van der Waals surface area contributed by atoms with Crippen molar-refractivity contribution in [3.63, 3.8) is 0 Å². The number of hydrogen-bond donors (Lipinski definition) is 0. The highest BCUT2D eigenvalue weighted by Gasteiger charge is 2.26. The molecule has 0 N–H and O–H groups in total. The summed E-state index contributed by atoms with van der Waals surface area (Å²) in [6, 6.07) is 2.15. The van der Waals surface area contributed by atoms with Crippen molar-refractivity contribution in [2.45, 2.75) is 51.2 Å². The zero-order valence-corrected chi connectivity index (χ0v) is 15.1. The van der Waals surface area contributed by atoms with Gasteiger partial charge in [0, 0.05) is 32.7 Å². The first-order valence-corrected chi connectivity index (χ1v) is 9.93. The predicted molar refractivity (Wildman–Crippen MR) is 97.0 cm³/mol. The van der Waals surface area contributed by atoms with Crippen LogP contribution in [0.3, 0.4) is 0 Å². The van der Waals surface area contributed by atoms with Crippen LogP contribution in [0.4, 0.5) is 5.82 Å². The molecule has 0 unspecified atom stereocenters. The molecule has 5 nitrogen and oxygen atoms in total. The van der Waals surface area contributed by atoms with Crippen molar-refractivity contribution in [3.8, 4) is 0 Å². The average molecular weight is 347 g/mol. The van der Waals surface area contributed by atoms with Crippen molar-refractivity contribution in [2.75, 3.05) is 31.2 Å². The Kier molecular flexibility index (Phi) is 4.96. The maximum atomic E-state index is 6.30. The normalized spacial score (nSPS) is 20.8. The van der Waals surface area contributed by atoms with Crippen molar-refractivity contribution in [3.05, 3.63) is 17.3 Å². The summed E-state index contributed by atoms with van der Waals surface area (Å²) in [5.74, 6) is 2.06. The quantitative estimate of drug-likeness (QED) is 0.848. The molecule has 2 aromatic heterocycles. The molecule has 4 heterocycles. The van der Waals surface area contributed by atoms with Crippen LogP contribution in [-0.4, -0.2) is 48.5 Å². The molecule has 2 aromatic rings. The summed E-state index contributed by atoms with van der Waals surface area (Å²) >= 11 is 1.70. The lowest BCUT2D eigenvalue weighted by Crippen LogP contribution is -2.40. The van der Waals surface area contributed by atoms with Crippen molar-refractivity contribution in [2.24, 2.45) is 0 Å². The first-order valence-electron chi connectivity index (χ1n) is 9.05. The minimum Gasteiger partial charge on any atom is -0.381 e. The summed E-state index contributed by atoms with van der Waals surface area (Å²) in [5.41, 5.74) is 0. The lowest BCUT2D eigenvalue weighted by molar-refractivity contribution is -0.0743. The summed E-state index contributed by atoms with van der Waals surface area (Å²) in [7, 11) is 0. The third-order valence-corrected chi connectivity index (χ3v) is 5.77. The van der Waals surface area contributed by atoms with E-state index in [0.717, 1.165) is 74.9 Å². The molecule has 0 bridgehead atoms. The summed E-state index contributed by atoms with van der Waals surface area (Å²) < 4.78 is 11.7. The van der Waals surface area contributed by atoms with Gasteiger partial charge in [-0.3, -0.25) is 0 Å². The van der Waals surface area contributed by atoms with E-state index in [1.54, 1.807) is 11.3 Å². The Labute approximate surface area is 147 Å². The lowest BCUT2D eigenvalue weighted by atomic mass is 10.1. The highest BCUT2D eigenvalue weighted by Crippen LogP contribution is 2.30. The molecule has 0 atom stereocenters. The van der Waals surface area contributed by atoms with Crippen LogP contribution in [0.25, 0.3) is 10.2 Å². The highest BCUT2D eigenvalue weighted by molar-refractivity contribution is 7.16. The van der Waals surface area contributed by atoms with Crippen LogP contribution in [0.1, 0.15) is 38.4 Å². The molecule has 2 aliphatic rings. The summed E-state index contributed by atoms with van der Waals surface area (Å²) in [4.78, 5) is 13.0. The van der Waals surface area contributed by atoms with E-state index in [1.807, 2.05) is 0 Å². The van der Waals surface area contributed by atoms with Gasteiger partial charge >= 0.3 is 0 Å². The molecule has 0 aliphatic carbocycles. The zero-order valence-electron chi connectivity index (χ0n) is 14.2. The van der Waals surface area contributed by atoms with Crippen LogP contribution in [0.15, 0.2) is 11.4 Å². The van der Waals surface area contributed by atoms with Crippen LogP contribution in [0, 0.1) is 0 Å². The number of fused-ring (bicyclic) bond motifs is 1. The van der Waals surface area contributed by atoms with E-state index in [0.29, 0.717) is 12.2 Å². The van der Waals surface area contributed by atoms with Crippen molar-refractivity contribution < 1.29 is 9.47 Å². The van der Waals surface area contributed by atoms with Gasteiger partial charge in [0.05, 0.1) is 17.6 Å². The van der Waals surface area contributed by atoms with Gasteiger partial charge in [-0.15, -0.1) is 11.3 Å². The number of rotatable bonds is 4. The van der Waals surface area contributed by atoms with Crippen molar-refractivity contribution >= 4 is 27.4 Å². The van der Waals surface area contributed by atoms with Gasteiger partial charge < -0.3 is 14.4 Å². The van der Waals surface area contributed by atoms with Crippen LogP contribution in [-0.2, 0) is 15.9 Å². The Morgan fingerprint density at radius 1 is 1.17 bits per heavy atom. The van der Waals surface area contributed by atoms with Gasteiger partial charge in [-0.1, -0.05) is 6.92 Å². The number of thiophene rings is 1. The second-order valence-electron chi connectivity index (χ2n) is 6.59. The van der Waals surface area contributed by atoms with Crippen LogP contribution in [0.2, 0.25) is 0 Å². The van der Waals surface area contributed by atoms with Crippen molar-refractivity contribution in [1.82, 2.24) is 9.97 Å². The Morgan fingerprint density at radius 2 is 1.92 bits per heavy atom. The average Bonchev–Trinajstić information content (AvgIpc) is 3.11. The maximum absolute atomic E-state index is 6.30. The first-order chi connectivity index (χ1) is 11.8. The fourth-order valence-corrected chi connectivity index (χ4v) is 4.35. The number of ether oxygens (including phenoxy) is 2. The van der Waals surface area contributed by atoms with Crippen LogP contribution >= 0.6 is 11.3 Å². The third kappa shape index (κ3) is 3.41. The molecule has 130 valence electrons. The number of piperidine rings is 1. The van der Waals surface area contributed by atoms with E-state index in [2.05, 4.69) is 28.3 Å². The Balaban J connectivity index is 1.43. The largest absolute Gasteiger partial charge is 0.381 e. The second kappa shape index (κ2) is 7.33. The number of aryl methyl sites for hydroxylation is 1. The molecule has 0 amide bonds. The van der Waals surface area contributed by atoms with Gasteiger partial charge in [-0.2, -0.15) is 0 Å². The van der Waals surface area contributed by atoms with Gasteiger partial charge in [0.15, 0.2) is 0 Å². The molecule has 2 aliphatic heterocycles. The van der Waals surface area contributed by atoms with E-state index in [4.69, 9.17) is 14.5 Å². The molecule has 0 aromatic carbocycles. The fourth-order valence-electron chi connectivity index (χ4n) is 3.57. The Bertz CT molecular complexity index is 676. The summed E-state index contributed by atoms with van der Waals surface area (Å²) in [5, 5.41) is 3.31. The molecule has 0 saturated carbocycles. The molecule has 2 fully saturated rings. The van der Waals surface area contributed by atoms with Gasteiger partial charge in [0.25, 0.3) is 0 Å². The van der Waals surface area contributed by atoms with E-state index in [-0.39, 0.29) is 0 Å². The molecule has 24 heavy (non-hydrogen) atoms. The summed E-state index contributed by atoms with van der Waals surface area (Å²) in [6.45, 7) is 5.84. The van der Waals surface area contributed by atoms with Gasteiger partial charge in [0.1, 0.15) is 16.5 Å². The van der Waals surface area contributed by atoms with E-state index in [1.165, 1.54) is 5.39 Å². The molecule has 4 rings (SSSR count). The van der Waals surface area contributed by atoms with Gasteiger partial charge in [0.2, 0.25) is 0 Å². The monoisotopic (exact) mass is 347 g/mol. The first kappa shape index (κ1) is 16.2. The van der Waals surface area contributed by atoms with Gasteiger partial charge in [-0.25, -0.2) is 9.97 Å². The van der Waals surface area contributed by atoms with Gasteiger partial charge in [-0.05, 0) is 37.1 Å². The number of hydrogen-bond acceptors (Lipinski definition) is 6. The SMILES string of the molecule is CCc1nc(N2CCC(OC3CCOCC3)CC2)c2ccsc2n1. The number of anilines is 1. The highest BCUT2D eigenvalue weighted by atomic mass is 32.1. The number of nitrogens with zero attached hydrogens (tertiary/aromatic N) is 3. The van der Waals surface area contributed by atoms with E-state index >= 15 is 0 Å². The molecule has 2 saturated heterocycles. The Hall–Kier alpha value is -1.24. The van der Waals surface area contributed by atoms with E-state index in [9.17, 15) is 0 Å². The third-order valence-electron chi connectivity index (χ3n) is 4.96. The minimum absolute atomic E-state index is 0.384. The smallest absolute Gasteiger partial charge is 0.141 e. The van der Waals surface area contributed by atoms with Crippen molar-refractivity contribution in [1.29, 1.82) is 0 Å². The van der Waals surface area contributed by atoms with E-state index < -0.39 is 0 Å². The predicted octanol–water partition coefficient (Wildman–Crippen LogP) is 3.42. The second-order valence-corrected chi connectivity index (χ2v) is 7.49. The maximum Gasteiger partial charge on any atom is 0.141 e. The Morgan fingerprint density at radius 3 is 2.67 bits per heavy atom. The van der Waals surface area contributed by atoms with Crippen LogP contribution < -0.4 is 4.90 Å². The molecule has 0 spiro atoms. The lowest BCUT2D eigenvalue weighted by Gasteiger charge is -2.35. The standard InChI is InChI=1S/C18H25N3O2S/c1-2-16-19-17(15-7-12-24-18(15)20-16)21-8-3-13(4-9-21)23-14-5-10-22-11-6-14/h7,12-14H,2-6,8-11H2,1H3. The molecule has 0 radical (unpaired) electrons.